The topological polar surface area (TPSA) is 86.8 Å². The van der Waals surface area contributed by atoms with Gasteiger partial charge in [0.05, 0.1) is 22.8 Å². The van der Waals surface area contributed by atoms with Gasteiger partial charge in [-0.3, -0.25) is 9.78 Å². The Balaban J connectivity index is 1.25. The van der Waals surface area contributed by atoms with Crippen molar-refractivity contribution in [2.24, 2.45) is 0 Å². The molecule has 0 saturated heterocycles. The lowest BCUT2D eigenvalue weighted by atomic mass is 9.89. The summed E-state index contributed by atoms with van der Waals surface area (Å²) in [4.78, 5) is 22.9. The minimum absolute atomic E-state index is 0.0626. The summed E-state index contributed by atoms with van der Waals surface area (Å²) in [6.07, 6.45) is 6.03. The molecule has 1 amide bonds. The van der Waals surface area contributed by atoms with Gasteiger partial charge in [-0.15, -0.1) is 0 Å². The van der Waals surface area contributed by atoms with Crippen LogP contribution in [0.15, 0.2) is 42.6 Å². The maximum absolute atomic E-state index is 13.3. The predicted molar refractivity (Wildman–Crippen MR) is 123 cm³/mol. The minimum atomic E-state index is 0.0626. The predicted octanol–water partition coefficient (Wildman–Crippen LogP) is 4.13. The Morgan fingerprint density at radius 2 is 2.10 bits per heavy atom. The number of hydrogen-bond donors (Lipinski definition) is 2. The van der Waals surface area contributed by atoms with Crippen LogP contribution in [0.3, 0.4) is 0 Å². The molecule has 7 nitrogen and oxygen atoms in total. The van der Waals surface area contributed by atoms with E-state index in [9.17, 15) is 4.79 Å². The van der Waals surface area contributed by atoms with E-state index < -0.39 is 0 Å². The number of H-pyrrole nitrogens is 1. The lowest BCUT2D eigenvalue weighted by Gasteiger charge is -2.37. The van der Waals surface area contributed by atoms with Gasteiger partial charge in [-0.05, 0) is 68.5 Å². The fraction of sp³-hybridized carbons (Fsp3) is 0.391. The molecule has 8 heteroatoms. The molecule has 1 aliphatic rings. The van der Waals surface area contributed by atoms with Crippen LogP contribution in [0.5, 0.6) is 0 Å². The Morgan fingerprint density at radius 1 is 1.19 bits per heavy atom. The summed E-state index contributed by atoms with van der Waals surface area (Å²) in [7, 11) is 0. The molecule has 0 spiro atoms. The number of nitrogens with one attached hydrogen (secondary N) is 2. The molecule has 1 saturated carbocycles. The van der Waals surface area contributed by atoms with E-state index in [1.165, 1.54) is 17.3 Å². The third-order valence-corrected chi connectivity index (χ3v) is 6.78. The molecule has 3 heterocycles. The Labute approximate surface area is 185 Å². The van der Waals surface area contributed by atoms with Gasteiger partial charge < -0.3 is 15.2 Å². The van der Waals surface area contributed by atoms with E-state index >= 15 is 0 Å². The molecule has 1 aliphatic carbocycles. The fourth-order valence-electron chi connectivity index (χ4n) is 4.63. The number of carbonyl (C=O) groups is 1. The maximum Gasteiger partial charge on any atom is 0.270 e. The first kappa shape index (κ1) is 20.1. The van der Waals surface area contributed by atoms with Crippen molar-refractivity contribution in [3.8, 4) is 0 Å². The van der Waals surface area contributed by atoms with Crippen LogP contribution in [-0.4, -0.2) is 48.2 Å². The first-order chi connectivity index (χ1) is 15.2. The third kappa shape index (κ3) is 4.18. The molecule has 1 unspecified atom stereocenters. The molecule has 1 fully saturated rings. The number of aromatic amines is 1. The molecule has 3 aromatic heterocycles. The molecule has 0 radical (unpaired) electrons. The molecule has 1 aromatic carbocycles. The van der Waals surface area contributed by atoms with E-state index in [0.717, 1.165) is 54.3 Å². The number of fused-ring (bicyclic) bond motifs is 2. The van der Waals surface area contributed by atoms with Crippen LogP contribution >= 0.6 is 11.7 Å². The summed E-state index contributed by atoms with van der Waals surface area (Å²) in [6.45, 7) is 3.57. The number of benzene rings is 1. The molecule has 0 bridgehead atoms. The minimum Gasteiger partial charge on any atom is -0.349 e. The normalized spacial score (nSPS) is 19.1. The van der Waals surface area contributed by atoms with E-state index in [1.54, 1.807) is 6.20 Å². The second kappa shape index (κ2) is 8.72. The van der Waals surface area contributed by atoms with Gasteiger partial charge in [0, 0.05) is 31.4 Å². The molecular weight excluding hydrogens is 408 g/mol. The molecule has 31 heavy (non-hydrogen) atoms. The highest BCUT2D eigenvalue weighted by Crippen LogP contribution is 2.26. The SMILES string of the molecule is CCN(C(=O)c1cc2ncccc2[nH]1)[C@H]1CCCC(NCc2ccc3nsnc3c2)C1. The van der Waals surface area contributed by atoms with Gasteiger partial charge in [0.25, 0.3) is 5.91 Å². The quantitative estimate of drug-likeness (QED) is 0.476. The van der Waals surface area contributed by atoms with Crippen LogP contribution in [0.2, 0.25) is 0 Å². The van der Waals surface area contributed by atoms with E-state index in [-0.39, 0.29) is 11.9 Å². The number of hydrogen-bond acceptors (Lipinski definition) is 6. The van der Waals surface area contributed by atoms with Crippen molar-refractivity contribution in [2.45, 2.75) is 51.2 Å². The zero-order valence-corrected chi connectivity index (χ0v) is 18.4. The average Bonchev–Trinajstić information content (AvgIpc) is 3.45. The molecule has 2 atom stereocenters. The van der Waals surface area contributed by atoms with E-state index in [1.807, 2.05) is 29.2 Å². The van der Waals surface area contributed by atoms with Gasteiger partial charge in [-0.25, -0.2) is 0 Å². The summed E-state index contributed by atoms with van der Waals surface area (Å²) in [5.74, 6) is 0.0626. The van der Waals surface area contributed by atoms with Crippen LogP contribution in [0, 0.1) is 0 Å². The summed E-state index contributed by atoms with van der Waals surface area (Å²) >= 11 is 1.25. The van der Waals surface area contributed by atoms with Crippen molar-refractivity contribution in [1.82, 2.24) is 28.9 Å². The van der Waals surface area contributed by atoms with Gasteiger partial charge in [0.15, 0.2) is 0 Å². The largest absolute Gasteiger partial charge is 0.349 e. The zero-order valence-electron chi connectivity index (χ0n) is 17.5. The average molecular weight is 435 g/mol. The fourth-order valence-corrected chi connectivity index (χ4v) is 5.14. The number of aromatic nitrogens is 4. The van der Waals surface area contributed by atoms with Crippen molar-refractivity contribution in [2.75, 3.05) is 6.54 Å². The first-order valence-corrected chi connectivity index (χ1v) is 11.6. The van der Waals surface area contributed by atoms with Crippen LogP contribution in [0.4, 0.5) is 0 Å². The highest BCUT2D eigenvalue weighted by molar-refractivity contribution is 7.00. The number of nitrogens with zero attached hydrogens (tertiary/aromatic N) is 4. The lowest BCUT2D eigenvalue weighted by Crippen LogP contribution is -2.46. The standard InChI is InChI=1S/C23H26N6OS/c1-2-29(23(30)22-13-20-18(26-22)7-4-10-24-20)17-6-3-5-16(12-17)25-14-15-8-9-19-21(11-15)28-31-27-19/h4,7-11,13,16-17,25-26H,2-3,5-6,12,14H2,1H3/t16?,17-/m0/s1. The van der Waals surface area contributed by atoms with E-state index in [2.05, 4.69) is 43.1 Å². The zero-order chi connectivity index (χ0) is 21.2. The smallest absolute Gasteiger partial charge is 0.270 e. The Kier molecular flexibility index (Phi) is 5.65. The van der Waals surface area contributed by atoms with Gasteiger partial charge in [-0.1, -0.05) is 6.07 Å². The van der Waals surface area contributed by atoms with Crippen LogP contribution < -0.4 is 5.32 Å². The summed E-state index contributed by atoms with van der Waals surface area (Å²) in [5.41, 5.74) is 5.49. The van der Waals surface area contributed by atoms with Crippen molar-refractivity contribution in [3.05, 3.63) is 53.9 Å². The van der Waals surface area contributed by atoms with E-state index in [4.69, 9.17) is 0 Å². The van der Waals surface area contributed by atoms with Gasteiger partial charge in [-0.2, -0.15) is 8.75 Å². The van der Waals surface area contributed by atoms with Crippen LogP contribution in [-0.2, 0) is 6.54 Å². The summed E-state index contributed by atoms with van der Waals surface area (Å²) in [6, 6.07) is 12.6. The summed E-state index contributed by atoms with van der Waals surface area (Å²) < 4.78 is 8.61. The molecule has 5 rings (SSSR count). The maximum atomic E-state index is 13.3. The second-order valence-corrected chi connectivity index (χ2v) is 8.72. The molecule has 160 valence electrons. The highest BCUT2D eigenvalue weighted by atomic mass is 32.1. The number of pyridine rings is 1. The Bertz CT molecular complexity index is 1170. The highest BCUT2D eigenvalue weighted by Gasteiger charge is 2.30. The van der Waals surface area contributed by atoms with Gasteiger partial charge in [0.2, 0.25) is 0 Å². The molecule has 4 aromatic rings. The number of carbonyl (C=O) groups excluding carboxylic acids is 1. The number of rotatable bonds is 6. The van der Waals surface area contributed by atoms with E-state index in [0.29, 0.717) is 18.3 Å². The Morgan fingerprint density at radius 3 is 2.97 bits per heavy atom. The van der Waals surface area contributed by atoms with Crippen LogP contribution in [0.1, 0.15) is 48.7 Å². The lowest BCUT2D eigenvalue weighted by molar-refractivity contribution is 0.0623. The van der Waals surface area contributed by atoms with Crippen molar-refractivity contribution in [1.29, 1.82) is 0 Å². The number of amides is 1. The van der Waals surface area contributed by atoms with Crippen molar-refractivity contribution < 1.29 is 4.79 Å². The molecule has 2 N–H and O–H groups in total. The van der Waals surface area contributed by atoms with Crippen LogP contribution in [0.25, 0.3) is 22.1 Å². The monoisotopic (exact) mass is 434 g/mol. The third-order valence-electron chi connectivity index (χ3n) is 6.22. The summed E-state index contributed by atoms with van der Waals surface area (Å²) in [5, 5.41) is 3.70. The molecular formula is C23H26N6OS. The van der Waals surface area contributed by atoms with Gasteiger partial charge in [0.1, 0.15) is 16.7 Å². The second-order valence-electron chi connectivity index (χ2n) is 8.20. The van der Waals surface area contributed by atoms with Crippen molar-refractivity contribution in [3.63, 3.8) is 0 Å². The Hall–Kier alpha value is -2.84. The molecule has 0 aliphatic heterocycles. The van der Waals surface area contributed by atoms with Crippen molar-refractivity contribution >= 4 is 39.7 Å². The van der Waals surface area contributed by atoms with Gasteiger partial charge >= 0.3 is 0 Å². The first-order valence-electron chi connectivity index (χ1n) is 10.9.